The fourth-order valence-electron chi connectivity index (χ4n) is 1.37. The van der Waals surface area contributed by atoms with Crippen molar-refractivity contribution in [3.8, 4) is 5.75 Å². The number of carbonyl (C=O) groups excluding carboxylic acids is 1. The number of H-pyrrole nitrogens is 1. The molecule has 1 heterocycles. The summed E-state index contributed by atoms with van der Waals surface area (Å²) in [6.07, 6.45) is 1.39. The van der Waals surface area contributed by atoms with E-state index in [0.29, 0.717) is 5.69 Å². The number of hydrogen-bond acceptors (Lipinski definition) is 3. The first-order chi connectivity index (χ1) is 8.56. The quantitative estimate of drug-likeness (QED) is 0.726. The van der Waals surface area contributed by atoms with Crippen molar-refractivity contribution in [2.45, 2.75) is 0 Å². The number of rotatable bonds is 2. The molecule has 1 aromatic carbocycles. The van der Waals surface area contributed by atoms with Crippen molar-refractivity contribution < 1.29 is 9.90 Å². The van der Waals surface area contributed by atoms with Crippen LogP contribution in [0.5, 0.6) is 5.75 Å². The van der Waals surface area contributed by atoms with Crippen molar-refractivity contribution in [1.29, 1.82) is 0 Å². The van der Waals surface area contributed by atoms with E-state index in [2.05, 4.69) is 10.3 Å². The van der Waals surface area contributed by atoms with E-state index in [-0.39, 0.29) is 21.9 Å². The lowest BCUT2D eigenvalue weighted by atomic mass is 10.2. The van der Waals surface area contributed by atoms with Gasteiger partial charge < -0.3 is 15.4 Å². The zero-order valence-corrected chi connectivity index (χ0v) is 9.86. The third-order valence-electron chi connectivity index (χ3n) is 2.24. The van der Waals surface area contributed by atoms with Gasteiger partial charge in [0.1, 0.15) is 5.75 Å². The highest BCUT2D eigenvalue weighted by molar-refractivity contribution is 6.32. The molecule has 3 N–H and O–H groups in total. The highest BCUT2D eigenvalue weighted by Crippen LogP contribution is 2.26. The molecule has 5 nitrogen and oxygen atoms in total. The first kappa shape index (κ1) is 12.2. The van der Waals surface area contributed by atoms with Crippen LogP contribution in [0, 0.1) is 0 Å². The summed E-state index contributed by atoms with van der Waals surface area (Å²) in [5, 5.41) is 11.9. The number of anilines is 1. The molecule has 0 spiro atoms. The van der Waals surface area contributed by atoms with E-state index < -0.39 is 5.91 Å². The average molecular weight is 265 g/mol. The molecule has 18 heavy (non-hydrogen) atoms. The second kappa shape index (κ2) is 4.93. The molecular formula is C12H9ClN2O3. The number of pyridine rings is 1. The van der Waals surface area contributed by atoms with Crippen molar-refractivity contribution in [2.24, 2.45) is 0 Å². The smallest absolute Gasteiger partial charge is 0.255 e. The third-order valence-corrected chi connectivity index (χ3v) is 2.55. The molecule has 0 saturated heterocycles. The second-order valence-electron chi connectivity index (χ2n) is 3.56. The Kier molecular flexibility index (Phi) is 3.34. The zero-order valence-electron chi connectivity index (χ0n) is 9.11. The maximum Gasteiger partial charge on any atom is 0.255 e. The van der Waals surface area contributed by atoms with Gasteiger partial charge in [-0.25, -0.2) is 0 Å². The number of halogens is 1. The monoisotopic (exact) mass is 264 g/mol. The van der Waals surface area contributed by atoms with Crippen LogP contribution in [0.3, 0.4) is 0 Å². The number of phenols is 1. The van der Waals surface area contributed by atoms with Gasteiger partial charge in [0.15, 0.2) is 0 Å². The van der Waals surface area contributed by atoms with Gasteiger partial charge in [0.2, 0.25) is 5.56 Å². The second-order valence-corrected chi connectivity index (χ2v) is 3.97. The van der Waals surface area contributed by atoms with Crippen molar-refractivity contribution in [3.05, 3.63) is 57.5 Å². The van der Waals surface area contributed by atoms with Crippen LogP contribution in [0.25, 0.3) is 0 Å². The van der Waals surface area contributed by atoms with Crippen LogP contribution in [0.15, 0.2) is 41.3 Å². The zero-order chi connectivity index (χ0) is 13.1. The maximum absolute atomic E-state index is 11.8. The Morgan fingerprint density at radius 2 is 2.06 bits per heavy atom. The number of carbonyl (C=O) groups is 1. The third kappa shape index (κ3) is 2.70. The highest BCUT2D eigenvalue weighted by atomic mass is 35.5. The Labute approximate surface area is 107 Å². The van der Waals surface area contributed by atoms with Crippen molar-refractivity contribution in [1.82, 2.24) is 4.98 Å². The summed E-state index contributed by atoms with van der Waals surface area (Å²) in [6.45, 7) is 0. The van der Waals surface area contributed by atoms with Crippen molar-refractivity contribution >= 4 is 23.2 Å². The predicted octanol–water partition coefficient (Wildman–Crippen LogP) is 1.99. The van der Waals surface area contributed by atoms with Crippen LogP contribution < -0.4 is 10.9 Å². The number of aromatic hydroxyl groups is 1. The topological polar surface area (TPSA) is 82.2 Å². The lowest BCUT2D eigenvalue weighted by Gasteiger charge is -2.06. The summed E-state index contributed by atoms with van der Waals surface area (Å²) in [6, 6.07) is 6.97. The maximum atomic E-state index is 11.8. The molecule has 0 bridgehead atoms. The fraction of sp³-hybridized carbons (Fsp3) is 0. The van der Waals surface area contributed by atoms with Crippen LogP contribution in [-0.4, -0.2) is 16.0 Å². The molecular weight excluding hydrogens is 256 g/mol. The Morgan fingerprint density at radius 3 is 2.72 bits per heavy atom. The Morgan fingerprint density at radius 1 is 1.28 bits per heavy atom. The molecule has 0 fully saturated rings. The first-order valence-electron chi connectivity index (χ1n) is 5.05. The van der Waals surface area contributed by atoms with Gasteiger partial charge in [0.05, 0.1) is 5.02 Å². The number of aromatic amines is 1. The molecule has 1 amide bonds. The lowest BCUT2D eigenvalue weighted by Crippen LogP contribution is -2.15. The first-order valence-corrected chi connectivity index (χ1v) is 5.42. The van der Waals surface area contributed by atoms with E-state index in [1.807, 2.05) is 0 Å². The van der Waals surface area contributed by atoms with E-state index in [9.17, 15) is 14.7 Å². The minimum absolute atomic E-state index is 0.0641. The molecule has 0 atom stereocenters. The molecule has 0 aliphatic rings. The molecule has 2 rings (SSSR count). The average Bonchev–Trinajstić information content (AvgIpc) is 2.34. The van der Waals surface area contributed by atoms with Gasteiger partial charge in [-0.3, -0.25) is 9.59 Å². The van der Waals surface area contributed by atoms with Gasteiger partial charge in [-0.1, -0.05) is 11.6 Å². The minimum Gasteiger partial charge on any atom is -0.506 e. The van der Waals surface area contributed by atoms with Crippen molar-refractivity contribution in [3.63, 3.8) is 0 Å². The molecule has 1 aromatic heterocycles. The SMILES string of the molecule is O=C(Nc1ccc(O)c(Cl)c1)c1cc[nH]c(=O)c1. The van der Waals surface area contributed by atoms with E-state index in [0.717, 1.165) is 0 Å². The Balaban J connectivity index is 2.21. The number of hydrogen-bond donors (Lipinski definition) is 3. The summed E-state index contributed by atoms with van der Waals surface area (Å²) in [5.74, 6) is -0.492. The van der Waals surface area contributed by atoms with E-state index in [1.54, 1.807) is 0 Å². The van der Waals surface area contributed by atoms with Crippen LogP contribution in [0.1, 0.15) is 10.4 Å². The lowest BCUT2D eigenvalue weighted by molar-refractivity contribution is 0.102. The number of aromatic nitrogens is 1. The standard InChI is InChI=1S/C12H9ClN2O3/c13-9-6-8(1-2-10(9)16)15-12(18)7-3-4-14-11(17)5-7/h1-6,16H,(H,14,17)(H,15,18). The molecule has 0 radical (unpaired) electrons. The van der Waals surface area contributed by atoms with Crippen LogP contribution in [0.4, 0.5) is 5.69 Å². The molecule has 0 aliphatic carbocycles. The summed E-state index contributed by atoms with van der Waals surface area (Å²) < 4.78 is 0. The van der Waals surface area contributed by atoms with Gasteiger partial charge >= 0.3 is 0 Å². The molecule has 92 valence electrons. The van der Waals surface area contributed by atoms with Gasteiger partial charge in [-0.2, -0.15) is 0 Å². The largest absolute Gasteiger partial charge is 0.506 e. The Hall–Kier alpha value is -2.27. The van der Waals surface area contributed by atoms with E-state index >= 15 is 0 Å². The number of phenolic OH excluding ortho intramolecular Hbond substituents is 1. The summed E-state index contributed by atoms with van der Waals surface area (Å²) in [7, 11) is 0. The fourth-order valence-corrected chi connectivity index (χ4v) is 1.55. The molecule has 6 heteroatoms. The summed E-state index contributed by atoms with van der Waals surface area (Å²) in [5.41, 5.74) is 0.317. The van der Waals surface area contributed by atoms with Crippen LogP contribution >= 0.6 is 11.6 Å². The normalized spacial score (nSPS) is 10.1. The molecule has 0 aliphatic heterocycles. The van der Waals surface area contributed by atoms with Crippen LogP contribution in [0.2, 0.25) is 5.02 Å². The Bertz CT molecular complexity index is 652. The number of nitrogens with one attached hydrogen (secondary N) is 2. The summed E-state index contributed by atoms with van der Waals surface area (Å²) >= 11 is 5.71. The molecule has 0 unspecified atom stereocenters. The predicted molar refractivity (Wildman–Crippen MR) is 68.1 cm³/mol. The van der Waals surface area contributed by atoms with Crippen molar-refractivity contribution in [2.75, 3.05) is 5.32 Å². The molecule has 0 saturated carbocycles. The van der Waals surface area contributed by atoms with Gasteiger partial charge in [-0.05, 0) is 24.3 Å². The van der Waals surface area contributed by atoms with E-state index in [1.165, 1.54) is 36.5 Å². The molecule has 2 aromatic rings. The number of benzene rings is 1. The number of amides is 1. The summed E-state index contributed by atoms with van der Waals surface area (Å²) in [4.78, 5) is 25.3. The van der Waals surface area contributed by atoms with E-state index in [4.69, 9.17) is 11.6 Å². The minimum atomic E-state index is -0.428. The van der Waals surface area contributed by atoms with Crippen LogP contribution in [-0.2, 0) is 0 Å². The highest BCUT2D eigenvalue weighted by Gasteiger charge is 2.07. The van der Waals surface area contributed by atoms with Gasteiger partial charge in [0, 0.05) is 23.5 Å². The van der Waals surface area contributed by atoms with Gasteiger partial charge in [0.25, 0.3) is 5.91 Å². The van der Waals surface area contributed by atoms with Gasteiger partial charge in [-0.15, -0.1) is 0 Å².